The number of piperazine rings is 1. The van der Waals surface area contributed by atoms with E-state index in [9.17, 15) is 4.79 Å². The fraction of sp³-hybridized carbons (Fsp3) is 0.533. The topological polar surface area (TPSA) is 44.4 Å². The fourth-order valence-electron chi connectivity index (χ4n) is 2.73. The zero-order valence-corrected chi connectivity index (χ0v) is 15.6. The SMILES string of the molecule is Cc1cc(I)ccc1NC(=O)CN1CC(C)NC(C)C1.Cl. The van der Waals surface area contributed by atoms with E-state index >= 15 is 0 Å². The summed E-state index contributed by atoms with van der Waals surface area (Å²) in [6.45, 7) is 8.63. The molecule has 0 bridgehead atoms. The molecule has 1 aromatic carbocycles. The fourth-order valence-corrected chi connectivity index (χ4v) is 3.38. The zero-order valence-electron chi connectivity index (χ0n) is 12.6. The summed E-state index contributed by atoms with van der Waals surface area (Å²) in [4.78, 5) is 14.4. The van der Waals surface area contributed by atoms with Gasteiger partial charge in [-0.1, -0.05) is 0 Å². The van der Waals surface area contributed by atoms with Gasteiger partial charge in [0.15, 0.2) is 0 Å². The van der Waals surface area contributed by atoms with Gasteiger partial charge in [0, 0.05) is 34.4 Å². The molecule has 2 rings (SSSR count). The van der Waals surface area contributed by atoms with Crippen LogP contribution in [0.15, 0.2) is 18.2 Å². The van der Waals surface area contributed by atoms with Crippen molar-refractivity contribution >= 4 is 46.6 Å². The second-order valence-electron chi connectivity index (χ2n) is 5.67. The molecule has 0 saturated carbocycles. The first-order valence-corrected chi connectivity index (χ1v) is 8.06. The molecule has 6 heteroatoms. The van der Waals surface area contributed by atoms with Gasteiger partial charge < -0.3 is 10.6 Å². The van der Waals surface area contributed by atoms with Gasteiger partial charge in [-0.05, 0) is 67.1 Å². The third-order valence-corrected chi connectivity index (χ3v) is 4.13. The van der Waals surface area contributed by atoms with Crippen molar-refractivity contribution in [3.05, 3.63) is 27.3 Å². The number of benzene rings is 1. The van der Waals surface area contributed by atoms with Crippen molar-refractivity contribution in [1.82, 2.24) is 10.2 Å². The number of nitrogens with one attached hydrogen (secondary N) is 2. The van der Waals surface area contributed by atoms with Crippen LogP contribution < -0.4 is 10.6 Å². The molecule has 2 N–H and O–H groups in total. The molecular formula is C15H23ClIN3O. The number of carbonyl (C=O) groups excluding carboxylic acids is 1. The van der Waals surface area contributed by atoms with Gasteiger partial charge in [0.1, 0.15) is 0 Å². The number of hydrogen-bond acceptors (Lipinski definition) is 3. The summed E-state index contributed by atoms with van der Waals surface area (Å²) < 4.78 is 1.18. The van der Waals surface area contributed by atoms with Crippen molar-refractivity contribution in [2.45, 2.75) is 32.9 Å². The Kier molecular flexibility index (Phi) is 7.39. The summed E-state index contributed by atoms with van der Waals surface area (Å²) in [5, 5.41) is 6.48. The Bertz CT molecular complexity index is 488. The van der Waals surface area contributed by atoms with Gasteiger partial charge in [0.25, 0.3) is 0 Å². The average Bonchev–Trinajstić information content (AvgIpc) is 2.31. The highest BCUT2D eigenvalue weighted by Crippen LogP contribution is 2.17. The van der Waals surface area contributed by atoms with Crippen LogP contribution >= 0.6 is 35.0 Å². The van der Waals surface area contributed by atoms with Gasteiger partial charge >= 0.3 is 0 Å². The molecule has 118 valence electrons. The minimum Gasteiger partial charge on any atom is -0.325 e. The summed E-state index contributed by atoms with van der Waals surface area (Å²) in [5.74, 6) is 0.0654. The maximum atomic E-state index is 12.2. The number of amides is 1. The summed E-state index contributed by atoms with van der Waals surface area (Å²) in [6, 6.07) is 6.93. The number of anilines is 1. The molecule has 2 unspecified atom stereocenters. The van der Waals surface area contributed by atoms with Gasteiger partial charge in [-0.2, -0.15) is 0 Å². The van der Waals surface area contributed by atoms with Crippen molar-refractivity contribution in [3.8, 4) is 0 Å². The van der Waals surface area contributed by atoms with E-state index in [-0.39, 0.29) is 18.3 Å². The molecule has 1 heterocycles. The third-order valence-electron chi connectivity index (χ3n) is 3.46. The van der Waals surface area contributed by atoms with E-state index in [1.54, 1.807) is 0 Å². The highest BCUT2D eigenvalue weighted by molar-refractivity contribution is 14.1. The monoisotopic (exact) mass is 423 g/mol. The summed E-state index contributed by atoms with van der Waals surface area (Å²) in [5.41, 5.74) is 2.01. The average molecular weight is 424 g/mol. The highest BCUT2D eigenvalue weighted by atomic mass is 127. The van der Waals surface area contributed by atoms with Crippen molar-refractivity contribution in [2.24, 2.45) is 0 Å². The normalized spacial score (nSPS) is 22.5. The van der Waals surface area contributed by atoms with E-state index in [2.05, 4.69) is 58.0 Å². The largest absolute Gasteiger partial charge is 0.325 e. The summed E-state index contributed by atoms with van der Waals surface area (Å²) >= 11 is 2.28. The van der Waals surface area contributed by atoms with Gasteiger partial charge in [0.2, 0.25) is 5.91 Å². The van der Waals surface area contributed by atoms with Crippen LogP contribution in [0, 0.1) is 10.5 Å². The Morgan fingerprint density at radius 1 is 1.38 bits per heavy atom. The van der Waals surface area contributed by atoms with Crippen LogP contribution in [0.4, 0.5) is 5.69 Å². The molecule has 1 amide bonds. The maximum absolute atomic E-state index is 12.2. The molecule has 1 fully saturated rings. The molecular weight excluding hydrogens is 401 g/mol. The minimum absolute atomic E-state index is 0. The Morgan fingerprint density at radius 2 is 2.00 bits per heavy atom. The van der Waals surface area contributed by atoms with Crippen LogP contribution in [0.2, 0.25) is 0 Å². The Labute approximate surface area is 146 Å². The van der Waals surface area contributed by atoms with E-state index in [0.717, 1.165) is 24.3 Å². The highest BCUT2D eigenvalue weighted by Gasteiger charge is 2.22. The van der Waals surface area contributed by atoms with E-state index in [0.29, 0.717) is 18.6 Å². The van der Waals surface area contributed by atoms with Crippen molar-refractivity contribution < 1.29 is 4.79 Å². The molecule has 2 atom stereocenters. The smallest absolute Gasteiger partial charge is 0.238 e. The number of carbonyl (C=O) groups is 1. The number of halogens is 2. The van der Waals surface area contributed by atoms with Crippen LogP contribution in [-0.2, 0) is 4.79 Å². The van der Waals surface area contributed by atoms with Gasteiger partial charge in [-0.15, -0.1) is 12.4 Å². The molecule has 0 radical (unpaired) electrons. The molecule has 0 aliphatic carbocycles. The van der Waals surface area contributed by atoms with E-state index in [1.165, 1.54) is 3.57 Å². The molecule has 4 nitrogen and oxygen atoms in total. The predicted molar refractivity (Wildman–Crippen MR) is 98.3 cm³/mol. The molecule has 1 aromatic rings. The van der Waals surface area contributed by atoms with Crippen LogP contribution in [-0.4, -0.2) is 42.5 Å². The van der Waals surface area contributed by atoms with Crippen LogP contribution in [0.1, 0.15) is 19.4 Å². The predicted octanol–water partition coefficient (Wildman–Crippen LogP) is 2.64. The molecule has 1 aliphatic heterocycles. The quantitative estimate of drug-likeness (QED) is 0.735. The number of aryl methyl sites for hydroxylation is 1. The summed E-state index contributed by atoms with van der Waals surface area (Å²) in [7, 11) is 0. The molecule has 0 aromatic heterocycles. The first-order chi connectivity index (χ1) is 9.44. The Morgan fingerprint density at radius 3 is 2.57 bits per heavy atom. The van der Waals surface area contributed by atoms with Crippen LogP contribution in [0.25, 0.3) is 0 Å². The summed E-state index contributed by atoms with van der Waals surface area (Å²) in [6.07, 6.45) is 0. The molecule has 0 spiro atoms. The molecule has 21 heavy (non-hydrogen) atoms. The van der Waals surface area contributed by atoms with Gasteiger partial charge in [0.05, 0.1) is 6.54 Å². The zero-order chi connectivity index (χ0) is 14.7. The van der Waals surface area contributed by atoms with Crippen LogP contribution in [0.3, 0.4) is 0 Å². The number of rotatable bonds is 3. The first-order valence-electron chi connectivity index (χ1n) is 6.98. The number of hydrogen-bond donors (Lipinski definition) is 2. The van der Waals surface area contributed by atoms with Crippen molar-refractivity contribution in [1.29, 1.82) is 0 Å². The minimum atomic E-state index is 0. The van der Waals surface area contributed by atoms with Crippen molar-refractivity contribution in [2.75, 3.05) is 25.0 Å². The maximum Gasteiger partial charge on any atom is 0.238 e. The van der Waals surface area contributed by atoms with E-state index in [1.807, 2.05) is 19.1 Å². The lowest BCUT2D eigenvalue weighted by Gasteiger charge is -2.35. The van der Waals surface area contributed by atoms with Crippen molar-refractivity contribution in [3.63, 3.8) is 0 Å². The van der Waals surface area contributed by atoms with Gasteiger partial charge in [-0.3, -0.25) is 9.69 Å². The Hall–Kier alpha value is -0.370. The van der Waals surface area contributed by atoms with E-state index in [4.69, 9.17) is 0 Å². The lowest BCUT2D eigenvalue weighted by molar-refractivity contribution is -0.117. The number of nitrogens with zero attached hydrogens (tertiary/aromatic N) is 1. The second kappa shape index (κ2) is 8.31. The van der Waals surface area contributed by atoms with E-state index < -0.39 is 0 Å². The van der Waals surface area contributed by atoms with Gasteiger partial charge in [-0.25, -0.2) is 0 Å². The molecule has 1 aliphatic rings. The first kappa shape index (κ1) is 18.7. The standard InChI is InChI=1S/C15H22IN3O.ClH/c1-10-6-13(16)4-5-14(10)18-15(20)9-19-7-11(2)17-12(3)8-19;/h4-6,11-12,17H,7-9H2,1-3H3,(H,18,20);1H. The van der Waals surface area contributed by atoms with Crippen LogP contribution in [0.5, 0.6) is 0 Å². The third kappa shape index (κ3) is 5.73. The molecule has 1 saturated heterocycles. The Balaban J connectivity index is 0.00000220. The lowest BCUT2D eigenvalue weighted by Crippen LogP contribution is -2.55. The lowest BCUT2D eigenvalue weighted by atomic mass is 10.1. The second-order valence-corrected chi connectivity index (χ2v) is 6.92.